The van der Waals surface area contributed by atoms with Gasteiger partial charge in [0.05, 0.1) is 11.7 Å². The summed E-state index contributed by atoms with van der Waals surface area (Å²) in [5.41, 5.74) is 2.35. The molecule has 2 fully saturated rings. The maximum atomic E-state index is 12.8. The number of hydrogen-bond donors (Lipinski definition) is 1. The molecule has 0 saturated heterocycles. The van der Waals surface area contributed by atoms with Gasteiger partial charge in [-0.3, -0.25) is 4.98 Å². The highest BCUT2D eigenvalue weighted by Gasteiger charge is 2.40. The molecule has 0 spiro atoms. The molecule has 1 N–H and O–H groups in total. The monoisotopic (exact) mass is 335 g/mol. The molecule has 2 aliphatic carbocycles. The average Bonchev–Trinajstić information content (AvgIpc) is 3.56. The number of carbonyl (C=O) groups excluding carboxylic acids is 1. The molecule has 0 bridgehead atoms. The fraction of sp³-hybridized carbons (Fsp3) is 0.429. The van der Waals surface area contributed by atoms with Crippen molar-refractivity contribution in [2.75, 3.05) is 6.54 Å². The first kappa shape index (κ1) is 16.1. The predicted octanol–water partition coefficient (Wildman–Crippen LogP) is 4.12. The summed E-state index contributed by atoms with van der Waals surface area (Å²) in [6.07, 6.45) is 5.16. The van der Waals surface area contributed by atoms with Crippen molar-refractivity contribution < 1.29 is 4.79 Å². The standard InChI is InChI=1S/C21H25N3O/c1-15(20-9-5-6-12-22-20)24(18-10-11-18)21(25)23-14-17-13-19(17)16-7-3-2-4-8-16/h2-9,12,15,17-19H,10-11,13-14H2,1H3,(H,23,25). The zero-order chi connectivity index (χ0) is 17.2. The number of nitrogens with zero attached hydrogens (tertiary/aromatic N) is 2. The van der Waals surface area contributed by atoms with Crippen LogP contribution in [0.1, 0.15) is 49.4 Å². The van der Waals surface area contributed by atoms with E-state index in [0.29, 0.717) is 17.9 Å². The second-order valence-corrected chi connectivity index (χ2v) is 7.27. The number of rotatable bonds is 6. The number of hydrogen-bond acceptors (Lipinski definition) is 2. The van der Waals surface area contributed by atoms with Crippen molar-refractivity contribution >= 4 is 6.03 Å². The molecule has 1 heterocycles. The fourth-order valence-corrected chi connectivity index (χ4v) is 3.67. The molecule has 3 unspecified atom stereocenters. The second kappa shape index (κ2) is 6.87. The van der Waals surface area contributed by atoms with E-state index in [-0.39, 0.29) is 12.1 Å². The molecule has 1 aromatic carbocycles. The van der Waals surface area contributed by atoms with Crippen LogP contribution in [0.2, 0.25) is 0 Å². The summed E-state index contributed by atoms with van der Waals surface area (Å²) in [5.74, 6) is 1.17. The summed E-state index contributed by atoms with van der Waals surface area (Å²) in [4.78, 5) is 19.2. The van der Waals surface area contributed by atoms with Crippen LogP contribution in [0, 0.1) is 5.92 Å². The van der Waals surface area contributed by atoms with E-state index in [2.05, 4.69) is 47.6 Å². The molecule has 3 atom stereocenters. The Morgan fingerprint density at radius 3 is 2.64 bits per heavy atom. The molecule has 25 heavy (non-hydrogen) atoms. The zero-order valence-corrected chi connectivity index (χ0v) is 14.6. The van der Waals surface area contributed by atoms with Gasteiger partial charge in [-0.25, -0.2) is 4.79 Å². The van der Waals surface area contributed by atoms with Crippen LogP contribution in [-0.2, 0) is 0 Å². The molecule has 2 amide bonds. The van der Waals surface area contributed by atoms with Crippen molar-refractivity contribution in [2.45, 2.75) is 44.2 Å². The van der Waals surface area contributed by atoms with Crippen molar-refractivity contribution in [1.29, 1.82) is 0 Å². The Labute approximate surface area is 149 Å². The van der Waals surface area contributed by atoms with E-state index < -0.39 is 0 Å². The Hall–Kier alpha value is -2.36. The molecule has 4 nitrogen and oxygen atoms in total. The Morgan fingerprint density at radius 2 is 1.96 bits per heavy atom. The molecule has 2 aromatic rings. The smallest absolute Gasteiger partial charge is 0.318 e. The normalized spacial score (nSPS) is 22.9. The fourth-order valence-electron chi connectivity index (χ4n) is 3.67. The zero-order valence-electron chi connectivity index (χ0n) is 14.6. The molecule has 130 valence electrons. The highest BCUT2D eigenvalue weighted by Crippen LogP contribution is 2.46. The minimum atomic E-state index is 0.0119. The van der Waals surface area contributed by atoms with Crippen LogP contribution in [0.25, 0.3) is 0 Å². The van der Waals surface area contributed by atoms with Gasteiger partial charge in [-0.05, 0) is 55.7 Å². The van der Waals surface area contributed by atoms with E-state index in [1.54, 1.807) is 6.20 Å². The third-order valence-electron chi connectivity index (χ3n) is 5.37. The lowest BCUT2D eigenvalue weighted by molar-refractivity contribution is 0.173. The minimum absolute atomic E-state index is 0.0119. The minimum Gasteiger partial charge on any atom is -0.338 e. The van der Waals surface area contributed by atoms with Gasteiger partial charge in [0.2, 0.25) is 0 Å². The highest BCUT2D eigenvalue weighted by atomic mass is 16.2. The summed E-state index contributed by atoms with van der Waals surface area (Å²) in [7, 11) is 0. The molecule has 2 saturated carbocycles. The van der Waals surface area contributed by atoms with Crippen LogP contribution < -0.4 is 5.32 Å². The van der Waals surface area contributed by atoms with Crippen LogP contribution in [0.4, 0.5) is 4.79 Å². The summed E-state index contributed by atoms with van der Waals surface area (Å²) >= 11 is 0. The largest absolute Gasteiger partial charge is 0.338 e. The van der Waals surface area contributed by atoms with Crippen molar-refractivity contribution in [3.63, 3.8) is 0 Å². The maximum Gasteiger partial charge on any atom is 0.318 e. The Kier molecular flexibility index (Phi) is 4.43. The van der Waals surface area contributed by atoms with Gasteiger partial charge in [-0.2, -0.15) is 0 Å². The maximum absolute atomic E-state index is 12.8. The van der Waals surface area contributed by atoms with Gasteiger partial charge in [0.25, 0.3) is 0 Å². The number of pyridine rings is 1. The van der Waals surface area contributed by atoms with Crippen molar-refractivity contribution in [3.8, 4) is 0 Å². The van der Waals surface area contributed by atoms with Crippen molar-refractivity contribution in [1.82, 2.24) is 15.2 Å². The summed E-state index contributed by atoms with van der Waals surface area (Å²) in [5, 5.41) is 3.18. The van der Waals surface area contributed by atoms with Crippen LogP contribution >= 0.6 is 0 Å². The SMILES string of the molecule is CC(c1ccccn1)N(C(=O)NCC1CC1c1ccccc1)C1CC1. The molecule has 0 radical (unpaired) electrons. The van der Waals surface area contributed by atoms with Crippen LogP contribution in [-0.4, -0.2) is 28.5 Å². The van der Waals surface area contributed by atoms with Gasteiger partial charge in [0.1, 0.15) is 0 Å². The van der Waals surface area contributed by atoms with Gasteiger partial charge in [-0.1, -0.05) is 36.4 Å². The lowest BCUT2D eigenvalue weighted by atomic mass is 10.1. The van der Waals surface area contributed by atoms with Gasteiger partial charge >= 0.3 is 6.03 Å². The third-order valence-corrected chi connectivity index (χ3v) is 5.37. The van der Waals surface area contributed by atoms with E-state index >= 15 is 0 Å². The number of benzene rings is 1. The topological polar surface area (TPSA) is 45.2 Å². The Bertz CT molecular complexity index is 714. The number of aromatic nitrogens is 1. The average molecular weight is 335 g/mol. The first-order valence-corrected chi connectivity index (χ1v) is 9.26. The van der Waals surface area contributed by atoms with E-state index in [1.165, 1.54) is 12.0 Å². The molecular weight excluding hydrogens is 310 g/mol. The number of amides is 2. The number of urea groups is 1. The second-order valence-electron chi connectivity index (χ2n) is 7.27. The molecular formula is C21H25N3O. The predicted molar refractivity (Wildman–Crippen MR) is 98.2 cm³/mol. The van der Waals surface area contributed by atoms with Crippen LogP contribution in [0.5, 0.6) is 0 Å². The highest BCUT2D eigenvalue weighted by molar-refractivity contribution is 5.75. The first-order valence-electron chi connectivity index (χ1n) is 9.26. The lowest BCUT2D eigenvalue weighted by Crippen LogP contribution is -2.43. The van der Waals surface area contributed by atoms with E-state index in [4.69, 9.17) is 0 Å². The van der Waals surface area contributed by atoms with E-state index in [1.807, 2.05) is 23.1 Å². The summed E-state index contributed by atoms with van der Waals surface area (Å²) in [6.45, 7) is 2.83. The van der Waals surface area contributed by atoms with Crippen LogP contribution in [0.3, 0.4) is 0 Å². The summed E-state index contributed by atoms with van der Waals surface area (Å²) in [6, 6.07) is 16.9. The number of nitrogens with one attached hydrogen (secondary N) is 1. The third kappa shape index (κ3) is 3.68. The van der Waals surface area contributed by atoms with Gasteiger partial charge in [-0.15, -0.1) is 0 Å². The molecule has 4 rings (SSSR count). The molecule has 0 aliphatic heterocycles. The molecule has 4 heteroatoms. The van der Waals surface area contributed by atoms with Crippen LogP contribution in [0.15, 0.2) is 54.7 Å². The lowest BCUT2D eigenvalue weighted by Gasteiger charge is -2.29. The number of carbonyl (C=O) groups is 1. The summed E-state index contributed by atoms with van der Waals surface area (Å²) < 4.78 is 0. The quantitative estimate of drug-likeness (QED) is 0.863. The first-order chi connectivity index (χ1) is 12.2. The van der Waals surface area contributed by atoms with Gasteiger partial charge in [0, 0.05) is 18.8 Å². The molecule has 1 aromatic heterocycles. The van der Waals surface area contributed by atoms with Gasteiger partial charge < -0.3 is 10.2 Å². The Balaban J connectivity index is 1.35. The Morgan fingerprint density at radius 1 is 1.20 bits per heavy atom. The van der Waals surface area contributed by atoms with Gasteiger partial charge in [0.15, 0.2) is 0 Å². The van der Waals surface area contributed by atoms with Crippen molar-refractivity contribution in [2.24, 2.45) is 5.92 Å². The van der Waals surface area contributed by atoms with E-state index in [9.17, 15) is 4.79 Å². The van der Waals surface area contributed by atoms with E-state index in [0.717, 1.165) is 25.1 Å². The molecule has 2 aliphatic rings. The van der Waals surface area contributed by atoms with Crippen molar-refractivity contribution in [3.05, 3.63) is 66.0 Å².